The summed E-state index contributed by atoms with van der Waals surface area (Å²) >= 11 is 1.46. The molecule has 2 aliphatic heterocycles. The first-order valence-electron chi connectivity index (χ1n) is 6.75. The summed E-state index contributed by atoms with van der Waals surface area (Å²) < 4.78 is 5.42. The van der Waals surface area contributed by atoms with Crippen molar-refractivity contribution in [1.82, 2.24) is 4.90 Å². The Morgan fingerprint density at radius 1 is 1.48 bits per heavy atom. The summed E-state index contributed by atoms with van der Waals surface area (Å²) in [7, 11) is 0. The van der Waals surface area contributed by atoms with Gasteiger partial charge in [0.25, 0.3) is 0 Å². The number of thioether (sulfide) groups is 1. The van der Waals surface area contributed by atoms with Crippen LogP contribution in [-0.4, -0.2) is 44.6 Å². The van der Waals surface area contributed by atoms with E-state index in [2.05, 4.69) is 0 Å². The van der Waals surface area contributed by atoms with Crippen LogP contribution in [0, 0.1) is 5.41 Å². The maximum atomic E-state index is 11.9. The molecule has 2 unspecified atom stereocenters. The second kappa shape index (κ2) is 5.36. The molecule has 3 atom stereocenters. The normalized spacial score (nSPS) is 26.4. The number of fused-ring (bicyclic) bond motifs is 1. The third kappa shape index (κ3) is 3.07. The van der Waals surface area contributed by atoms with Crippen molar-refractivity contribution in [2.45, 2.75) is 50.8 Å². The first-order chi connectivity index (χ1) is 9.61. The lowest BCUT2D eigenvalue weighted by Gasteiger charge is -2.45. The number of esters is 1. The molecule has 6 nitrogen and oxygen atoms in total. The number of hydrogen-bond donors (Lipinski definition) is 1. The highest BCUT2D eigenvalue weighted by molar-refractivity contribution is 8.00. The number of aliphatic carboxylic acids is 1. The number of rotatable bonds is 3. The molecule has 0 bridgehead atoms. The lowest BCUT2D eigenvalue weighted by molar-refractivity contribution is -0.157. The van der Waals surface area contributed by atoms with E-state index in [1.807, 2.05) is 0 Å². The molecule has 0 aliphatic carbocycles. The van der Waals surface area contributed by atoms with E-state index in [1.54, 1.807) is 27.7 Å². The largest absolute Gasteiger partial charge is 0.477 e. The Hall–Kier alpha value is -1.50. The van der Waals surface area contributed by atoms with E-state index in [0.717, 1.165) is 0 Å². The Kier molecular flexibility index (Phi) is 4.06. The van der Waals surface area contributed by atoms with Gasteiger partial charge in [-0.3, -0.25) is 14.5 Å². The zero-order chi connectivity index (χ0) is 15.9. The quantitative estimate of drug-likeness (QED) is 0.629. The van der Waals surface area contributed by atoms with Gasteiger partial charge in [-0.05, 0) is 33.8 Å². The third-order valence-corrected chi connectivity index (χ3v) is 4.91. The van der Waals surface area contributed by atoms with Gasteiger partial charge >= 0.3 is 11.9 Å². The monoisotopic (exact) mass is 313 g/mol. The Labute approximate surface area is 127 Å². The van der Waals surface area contributed by atoms with Gasteiger partial charge < -0.3 is 9.84 Å². The highest BCUT2D eigenvalue weighted by Gasteiger charge is 2.46. The van der Waals surface area contributed by atoms with Gasteiger partial charge in [-0.1, -0.05) is 0 Å². The Bertz CT molecular complexity index is 522. The van der Waals surface area contributed by atoms with Gasteiger partial charge in [0.05, 0.1) is 22.5 Å². The minimum absolute atomic E-state index is 0.0151. The van der Waals surface area contributed by atoms with Crippen LogP contribution in [0.4, 0.5) is 0 Å². The molecule has 0 aromatic heterocycles. The van der Waals surface area contributed by atoms with Gasteiger partial charge in [0.2, 0.25) is 5.91 Å². The van der Waals surface area contributed by atoms with Gasteiger partial charge in [0, 0.05) is 0 Å². The molecule has 21 heavy (non-hydrogen) atoms. The summed E-state index contributed by atoms with van der Waals surface area (Å²) in [6.45, 7) is 7.04. The summed E-state index contributed by atoms with van der Waals surface area (Å²) in [5.74, 6) is -1.64. The smallest absolute Gasteiger partial charge is 0.352 e. The molecule has 1 amide bonds. The van der Waals surface area contributed by atoms with Crippen molar-refractivity contribution in [3.05, 3.63) is 11.8 Å². The number of hydrogen-bond acceptors (Lipinski definition) is 5. The fourth-order valence-electron chi connectivity index (χ4n) is 2.08. The second-order valence-electron chi connectivity index (χ2n) is 6.24. The van der Waals surface area contributed by atoms with Gasteiger partial charge in [-0.15, -0.1) is 11.8 Å². The molecule has 0 spiro atoms. The highest BCUT2D eigenvalue weighted by atomic mass is 32.2. The topological polar surface area (TPSA) is 83.9 Å². The fraction of sp³-hybridized carbons (Fsp3) is 0.643. The molecule has 7 heteroatoms. The third-order valence-electron chi connectivity index (χ3n) is 3.39. The average Bonchev–Trinajstić information content (AvgIpc) is 2.34. The first kappa shape index (κ1) is 15.9. The van der Waals surface area contributed by atoms with E-state index in [-0.39, 0.29) is 28.2 Å². The maximum absolute atomic E-state index is 11.9. The summed E-state index contributed by atoms with van der Waals surface area (Å²) in [4.78, 5) is 36.0. The predicted molar refractivity (Wildman–Crippen MR) is 77.4 cm³/mol. The van der Waals surface area contributed by atoms with Crippen molar-refractivity contribution in [2.24, 2.45) is 5.41 Å². The SMILES string of the molecule is CC(OC(=O)C(C)(C)C)C1C=C(C(=O)O)N2C(=O)C[C@H]2S1. The molecule has 1 fully saturated rings. The Morgan fingerprint density at radius 3 is 2.57 bits per heavy atom. The van der Waals surface area contributed by atoms with E-state index in [0.29, 0.717) is 6.42 Å². The molecule has 0 aromatic carbocycles. The van der Waals surface area contributed by atoms with E-state index in [1.165, 1.54) is 22.7 Å². The molecule has 2 heterocycles. The predicted octanol–water partition coefficient (Wildman–Crippen LogP) is 1.61. The Balaban J connectivity index is 2.13. The first-order valence-corrected chi connectivity index (χ1v) is 7.69. The van der Waals surface area contributed by atoms with Gasteiger partial charge in [-0.2, -0.15) is 0 Å². The van der Waals surface area contributed by atoms with Crippen LogP contribution in [0.3, 0.4) is 0 Å². The number of nitrogens with zero attached hydrogens (tertiary/aromatic N) is 1. The second-order valence-corrected chi connectivity index (χ2v) is 7.60. The summed E-state index contributed by atoms with van der Waals surface area (Å²) in [6, 6.07) is 0. The zero-order valence-electron chi connectivity index (χ0n) is 12.5. The van der Waals surface area contributed by atoms with Crippen LogP contribution in [0.15, 0.2) is 11.8 Å². The molecular weight excluding hydrogens is 294 g/mol. The average molecular weight is 313 g/mol. The van der Waals surface area contributed by atoms with Gasteiger partial charge in [0.1, 0.15) is 11.8 Å². The van der Waals surface area contributed by atoms with Crippen molar-refractivity contribution in [3.8, 4) is 0 Å². The number of ether oxygens (including phenoxy) is 1. The van der Waals surface area contributed by atoms with Crippen molar-refractivity contribution in [2.75, 3.05) is 0 Å². The fourth-order valence-corrected chi connectivity index (χ4v) is 3.51. The summed E-state index contributed by atoms with van der Waals surface area (Å²) in [5.41, 5.74) is -0.621. The lowest BCUT2D eigenvalue weighted by atomic mass is 9.97. The van der Waals surface area contributed by atoms with Gasteiger partial charge in [0.15, 0.2) is 0 Å². The number of carboxylic acids is 1. The van der Waals surface area contributed by atoms with Crippen molar-refractivity contribution >= 4 is 29.6 Å². The molecule has 116 valence electrons. The number of carbonyl (C=O) groups excluding carboxylic acids is 2. The van der Waals surface area contributed by atoms with E-state index in [4.69, 9.17) is 4.74 Å². The number of β-lactam (4-membered cyclic amide) rings is 1. The van der Waals surface area contributed by atoms with Crippen LogP contribution in [0.1, 0.15) is 34.1 Å². The number of carbonyl (C=O) groups is 3. The van der Waals surface area contributed by atoms with Crippen LogP contribution in [0.2, 0.25) is 0 Å². The molecule has 0 saturated carbocycles. The molecule has 0 radical (unpaired) electrons. The maximum Gasteiger partial charge on any atom is 0.352 e. The van der Waals surface area contributed by atoms with E-state index < -0.39 is 17.5 Å². The van der Waals surface area contributed by atoms with E-state index >= 15 is 0 Å². The molecule has 1 N–H and O–H groups in total. The summed E-state index contributed by atoms with van der Waals surface area (Å²) in [5, 5.41) is 8.77. The standard InChI is InChI=1S/C14H19NO5S/c1-7(20-13(19)14(2,3)4)9-5-8(12(17)18)15-10(16)6-11(15)21-9/h5,7,9,11H,6H2,1-4H3,(H,17,18)/t7?,9?,11-/m1/s1. The van der Waals surface area contributed by atoms with Crippen molar-refractivity contribution < 1.29 is 24.2 Å². The van der Waals surface area contributed by atoms with Crippen LogP contribution in [0.25, 0.3) is 0 Å². The van der Waals surface area contributed by atoms with Gasteiger partial charge in [-0.25, -0.2) is 4.79 Å². The number of carboxylic acid groups (broad SMARTS) is 1. The van der Waals surface area contributed by atoms with Crippen molar-refractivity contribution in [3.63, 3.8) is 0 Å². The Morgan fingerprint density at radius 2 is 2.10 bits per heavy atom. The number of amides is 1. The van der Waals surface area contributed by atoms with Crippen molar-refractivity contribution in [1.29, 1.82) is 0 Å². The molecule has 2 aliphatic rings. The molecular formula is C14H19NO5S. The molecule has 1 saturated heterocycles. The molecule has 0 aromatic rings. The van der Waals surface area contributed by atoms with Crippen LogP contribution in [0.5, 0.6) is 0 Å². The lowest BCUT2D eigenvalue weighted by Crippen LogP contribution is -2.55. The minimum atomic E-state index is -1.13. The minimum Gasteiger partial charge on any atom is -0.477 e. The zero-order valence-corrected chi connectivity index (χ0v) is 13.3. The van der Waals surface area contributed by atoms with Crippen LogP contribution < -0.4 is 0 Å². The van der Waals surface area contributed by atoms with E-state index in [9.17, 15) is 19.5 Å². The summed E-state index contributed by atoms with van der Waals surface area (Å²) in [6.07, 6.45) is 1.38. The highest BCUT2D eigenvalue weighted by Crippen LogP contribution is 2.42. The van der Waals surface area contributed by atoms with Crippen LogP contribution in [-0.2, 0) is 19.1 Å². The van der Waals surface area contributed by atoms with Crippen LogP contribution >= 0.6 is 11.8 Å². The molecule has 2 rings (SSSR count).